The van der Waals surface area contributed by atoms with Gasteiger partial charge >= 0.3 is 12.0 Å². The number of nitrogens with zero attached hydrogens (tertiary/aromatic N) is 2. The lowest BCUT2D eigenvalue weighted by molar-refractivity contribution is -0.139. The van der Waals surface area contributed by atoms with Crippen LogP contribution in [0.1, 0.15) is 39.0 Å². The lowest BCUT2D eigenvalue weighted by Gasteiger charge is -2.44. The van der Waals surface area contributed by atoms with E-state index in [1.807, 2.05) is 16.7 Å². The molecule has 3 fully saturated rings. The van der Waals surface area contributed by atoms with Crippen LogP contribution in [0.15, 0.2) is 0 Å². The second-order valence-electron chi connectivity index (χ2n) is 6.83. The lowest BCUT2D eigenvalue weighted by Crippen LogP contribution is -2.60. The van der Waals surface area contributed by atoms with Gasteiger partial charge < -0.3 is 20.1 Å². The monoisotopic (exact) mass is 325 g/mol. The summed E-state index contributed by atoms with van der Waals surface area (Å²) in [7, 11) is 0. The molecule has 0 aromatic carbocycles. The quantitative estimate of drug-likeness (QED) is 0.784. The van der Waals surface area contributed by atoms with Crippen LogP contribution in [-0.4, -0.2) is 77.4 Å². The Morgan fingerprint density at radius 2 is 2.13 bits per heavy atom. The maximum Gasteiger partial charge on any atom is 0.318 e. The molecule has 130 valence electrons. The lowest BCUT2D eigenvalue weighted by atomic mass is 9.85. The molecule has 7 nitrogen and oxygen atoms in total. The van der Waals surface area contributed by atoms with Gasteiger partial charge in [0.1, 0.15) is 0 Å². The fourth-order valence-electron chi connectivity index (χ4n) is 4.11. The van der Waals surface area contributed by atoms with Gasteiger partial charge in [-0.2, -0.15) is 0 Å². The van der Waals surface area contributed by atoms with E-state index in [1.54, 1.807) is 0 Å². The molecule has 2 amide bonds. The summed E-state index contributed by atoms with van der Waals surface area (Å²) in [6.45, 7) is 4.08. The van der Waals surface area contributed by atoms with E-state index in [4.69, 9.17) is 9.84 Å². The maximum atomic E-state index is 12.5. The van der Waals surface area contributed by atoms with Crippen LogP contribution < -0.4 is 5.32 Å². The number of hydrogen-bond donors (Lipinski definition) is 2. The molecule has 1 aliphatic heterocycles. The number of carbonyl (C=O) groups excluding carboxylic acids is 1. The highest BCUT2D eigenvalue weighted by Gasteiger charge is 2.40. The van der Waals surface area contributed by atoms with Crippen LogP contribution in [0.3, 0.4) is 0 Å². The highest BCUT2D eigenvalue weighted by molar-refractivity contribution is 5.75. The van der Waals surface area contributed by atoms with E-state index in [-0.39, 0.29) is 36.8 Å². The molecule has 3 rings (SSSR count). The van der Waals surface area contributed by atoms with Crippen molar-refractivity contribution in [3.63, 3.8) is 0 Å². The molecule has 0 aromatic rings. The third-order valence-corrected chi connectivity index (χ3v) is 5.44. The van der Waals surface area contributed by atoms with Crippen LogP contribution in [0.2, 0.25) is 0 Å². The summed E-state index contributed by atoms with van der Waals surface area (Å²) in [5.74, 6) is -0.792. The first-order chi connectivity index (χ1) is 11.1. The predicted octanol–water partition coefficient (Wildman–Crippen LogP) is 0.887. The Labute approximate surface area is 136 Å². The van der Waals surface area contributed by atoms with Crippen molar-refractivity contribution in [2.45, 2.75) is 63.3 Å². The van der Waals surface area contributed by atoms with Gasteiger partial charge in [-0.3, -0.25) is 9.69 Å². The first-order valence-electron chi connectivity index (χ1n) is 8.73. The molecule has 7 heteroatoms. The number of likely N-dealkylation sites (N-methyl/N-ethyl adjacent to an activating group) is 1. The smallest absolute Gasteiger partial charge is 0.318 e. The molecular weight excluding hydrogens is 298 g/mol. The number of urea groups is 1. The van der Waals surface area contributed by atoms with Crippen LogP contribution >= 0.6 is 0 Å². The van der Waals surface area contributed by atoms with Crippen LogP contribution in [0.4, 0.5) is 4.79 Å². The molecule has 2 unspecified atom stereocenters. The number of aliphatic carboxylic acids is 1. The number of carboxylic acid groups (broad SMARTS) is 1. The van der Waals surface area contributed by atoms with Crippen LogP contribution in [0.5, 0.6) is 0 Å². The average Bonchev–Trinajstić information content (AvgIpc) is 2.96. The first kappa shape index (κ1) is 16.5. The van der Waals surface area contributed by atoms with Crippen molar-refractivity contribution < 1.29 is 19.4 Å². The Morgan fingerprint density at radius 1 is 1.35 bits per heavy atom. The summed E-state index contributed by atoms with van der Waals surface area (Å²) in [5.41, 5.74) is 0. The van der Waals surface area contributed by atoms with Crippen molar-refractivity contribution in [2.75, 3.05) is 26.2 Å². The molecule has 0 spiro atoms. The molecular formula is C16H27N3O4. The number of carbonyl (C=O) groups is 2. The number of hydrogen-bond acceptors (Lipinski definition) is 4. The third kappa shape index (κ3) is 3.61. The number of nitrogens with one attached hydrogen (secondary N) is 1. The van der Waals surface area contributed by atoms with E-state index in [0.29, 0.717) is 13.2 Å². The second kappa shape index (κ2) is 7.05. The van der Waals surface area contributed by atoms with Gasteiger partial charge in [0.2, 0.25) is 0 Å². The molecule has 0 aromatic heterocycles. The molecule has 2 N–H and O–H groups in total. The van der Waals surface area contributed by atoms with Crippen molar-refractivity contribution >= 4 is 12.0 Å². The normalized spacial score (nSPS) is 33.2. The fraction of sp³-hybridized carbons (Fsp3) is 0.875. The zero-order chi connectivity index (χ0) is 16.4. The summed E-state index contributed by atoms with van der Waals surface area (Å²) in [5, 5.41) is 12.0. The Morgan fingerprint density at radius 3 is 2.83 bits per heavy atom. The minimum absolute atomic E-state index is 0.0231. The summed E-state index contributed by atoms with van der Waals surface area (Å²) in [4.78, 5) is 27.3. The predicted molar refractivity (Wildman–Crippen MR) is 84.3 cm³/mol. The summed E-state index contributed by atoms with van der Waals surface area (Å²) >= 11 is 0. The van der Waals surface area contributed by atoms with Crippen LogP contribution in [-0.2, 0) is 9.53 Å². The number of amides is 2. The van der Waals surface area contributed by atoms with E-state index >= 15 is 0 Å². The highest BCUT2D eigenvalue weighted by Crippen LogP contribution is 2.30. The Balaban J connectivity index is 1.46. The minimum atomic E-state index is -0.792. The molecule has 2 saturated carbocycles. The largest absolute Gasteiger partial charge is 0.480 e. The number of ether oxygens (including phenoxy) is 1. The Bertz CT molecular complexity index is 453. The Hall–Kier alpha value is -1.34. The van der Waals surface area contributed by atoms with E-state index in [9.17, 15) is 9.59 Å². The summed E-state index contributed by atoms with van der Waals surface area (Å²) in [6.07, 6.45) is 5.12. The van der Waals surface area contributed by atoms with Gasteiger partial charge in [0.05, 0.1) is 25.3 Å². The molecule has 0 radical (unpaired) electrons. The fourth-order valence-corrected chi connectivity index (χ4v) is 4.11. The van der Waals surface area contributed by atoms with Gasteiger partial charge in [0.15, 0.2) is 0 Å². The van der Waals surface area contributed by atoms with Crippen LogP contribution in [0, 0.1) is 0 Å². The van der Waals surface area contributed by atoms with Crippen molar-refractivity contribution in [3.8, 4) is 0 Å². The maximum absolute atomic E-state index is 12.5. The van der Waals surface area contributed by atoms with Gasteiger partial charge in [0.25, 0.3) is 0 Å². The minimum Gasteiger partial charge on any atom is -0.480 e. The van der Waals surface area contributed by atoms with Gasteiger partial charge in [-0.15, -0.1) is 0 Å². The summed E-state index contributed by atoms with van der Waals surface area (Å²) in [6, 6.07) is 0.692. The van der Waals surface area contributed by atoms with Gasteiger partial charge in [0, 0.05) is 18.6 Å². The zero-order valence-electron chi connectivity index (χ0n) is 13.7. The Kier molecular flexibility index (Phi) is 5.06. The topological polar surface area (TPSA) is 82.1 Å². The van der Waals surface area contributed by atoms with Crippen molar-refractivity contribution in [1.29, 1.82) is 0 Å². The van der Waals surface area contributed by atoms with E-state index in [2.05, 4.69) is 5.32 Å². The van der Waals surface area contributed by atoms with Gasteiger partial charge in [-0.25, -0.2) is 4.79 Å². The number of fused-ring (bicyclic) bond motifs is 1. The van der Waals surface area contributed by atoms with Crippen molar-refractivity contribution in [2.24, 2.45) is 0 Å². The van der Waals surface area contributed by atoms with Gasteiger partial charge in [-0.1, -0.05) is 6.92 Å². The SMILES string of the molecule is CCN(CC(=O)O)C1CC(NC(=O)N2CCOC3CCCC32)C1. The molecule has 3 aliphatic rings. The van der Waals surface area contributed by atoms with Crippen molar-refractivity contribution in [3.05, 3.63) is 0 Å². The number of rotatable bonds is 5. The molecule has 2 aliphatic carbocycles. The molecule has 2 atom stereocenters. The number of carboxylic acids is 1. The second-order valence-corrected chi connectivity index (χ2v) is 6.83. The van der Waals surface area contributed by atoms with Gasteiger partial charge in [-0.05, 0) is 38.6 Å². The standard InChI is InChI=1S/C16H27N3O4/c1-2-18(10-15(20)21)12-8-11(9-12)17-16(22)19-6-7-23-14-5-3-4-13(14)19/h11-14H,2-10H2,1H3,(H,17,22)(H,20,21). The molecule has 1 saturated heterocycles. The van der Waals surface area contributed by atoms with E-state index < -0.39 is 5.97 Å². The molecule has 0 bridgehead atoms. The van der Waals surface area contributed by atoms with E-state index in [0.717, 1.165) is 38.6 Å². The molecule has 1 heterocycles. The number of morpholine rings is 1. The molecule has 23 heavy (non-hydrogen) atoms. The highest BCUT2D eigenvalue weighted by atomic mass is 16.5. The third-order valence-electron chi connectivity index (χ3n) is 5.44. The first-order valence-corrected chi connectivity index (χ1v) is 8.73. The summed E-state index contributed by atoms with van der Waals surface area (Å²) < 4.78 is 5.74. The zero-order valence-corrected chi connectivity index (χ0v) is 13.7. The van der Waals surface area contributed by atoms with Crippen LogP contribution in [0.25, 0.3) is 0 Å². The average molecular weight is 325 g/mol. The van der Waals surface area contributed by atoms with E-state index in [1.165, 1.54) is 0 Å². The van der Waals surface area contributed by atoms with Crippen molar-refractivity contribution in [1.82, 2.24) is 15.1 Å².